The fraction of sp³-hybridized carbons (Fsp3) is 0.438. The van der Waals surface area contributed by atoms with Gasteiger partial charge in [-0.3, -0.25) is 4.79 Å². The zero-order valence-electron chi connectivity index (χ0n) is 11.7. The van der Waals surface area contributed by atoms with Crippen molar-refractivity contribution in [1.29, 1.82) is 0 Å². The molecule has 1 fully saturated rings. The molecule has 2 heterocycles. The van der Waals surface area contributed by atoms with Gasteiger partial charge in [0.2, 0.25) is 0 Å². The summed E-state index contributed by atoms with van der Waals surface area (Å²) in [7, 11) is 0. The van der Waals surface area contributed by atoms with E-state index in [1.165, 1.54) is 6.42 Å². The number of piperidine rings is 1. The van der Waals surface area contributed by atoms with Crippen LogP contribution in [0.1, 0.15) is 43.0 Å². The molecule has 1 saturated heterocycles. The number of fused-ring (bicyclic) bond motifs is 1. The van der Waals surface area contributed by atoms with Crippen molar-refractivity contribution in [1.82, 2.24) is 9.88 Å². The number of aromatic nitrogens is 1. The van der Waals surface area contributed by atoms with Crippen LogP contribution >= 0.6 is 11.6 Å². The van der Waals surface area contributed by atoms with Gasteiger partial charge in [0.25, 0.3) is 5.91 Å². The summed E-state index contributed by atoms with van der Waals surface area (Å²) in [5, 5.41) is 1.64. The van der Waals surface area contributed by atoms with Gasteiger partial charge in [-0.25, -0.2) is 0 Å². The van der Waals surface area contributed by atoms with Crippen molar-refractivity contribution in [3.05, 3.63) is 35.0 Å². The Kier molecular flexibility index (Phi) is 3.70. The highest BCUT2D eigenvalue weighted by molar-refractivity contribution is 6.31. The first-order valence-electron chi connectivity index (χ1n) is 7.28. The molecule has 4 heteroatoms. The molecule has 3 rings (SSSR count). The van der Waals surface area contributed by atoms with Gasteiger partial charge < -0.3 is 9.88 Å². The number of benzene rings is 1. The molecule has 0 spiro atoms. The largest absolute Gasteiger partial charge is 0.360 e. The molecule has 1 aliphatic rings. The summed E-state index contributed by atoms with van der Waals surface area (Å²) in [5.74, 6) is 0.144. The van der Waals surface area contributed by atoms with Crippen LogP contribution in [0.25, 0.3) is 10.9 Å². The van der Waals surface area contributed by atoms with Gasteiger partial charge in [0, 0.05) is 34.7 Å². The van der Waals surface area contributed by atoms with E-state index in [-0.39, 0.29) is 5.91 Å². The monoisotopic (exact) mass is 290 g/mol. The molecule has 2 aromatic rings. The van der Waals surface area contributed by atoms with E-state index in [1.807, 2.05) is 29.3 Å². The number of rotatable bonds is 2. The maximum Gasteiger partial charge on any atom is 0.256 e. The first-order chi connectivity index (χ1) is 9.70. The van der Waals surface area contributed by atoms with Crippen molar-refractivity contribution in [2.45, 2.75) is 38.6 Å². The Balaban J connectivity index is 1.95. The average Bonchev–Trinajstić information content (AvgIpc) is 2.89. The number of H-pyrrole nitrogens is 1. The molecule has 3 nitrogen and oxygen atoms in total. The Morgan fingerprint density at radius 1 is 1.45 bits per heavy atom. The molecule has 1 unspecified atom stereocenters. The van der Waals surface area contributed by atoms with Crippen LogP contribution in [0.3, 0.4) is 0 Å². The Hall–Kier alpha value is -1.48. The van der Waals surface area contributed by atoms with Gasteiger partial charge in [-0.1, -0.05) is 24.6 Å². The summed E-state index contributed by atoms with van der Waals surface area (Å²) < 4.78 is 0. The number of hydrogen-bond donors (Lipinski definition) is 1. The third-order valence-electron chi connectivity index (χ3n) is 4.23. The number of carbonyl (C=O) groups is 1. The minimum Gasteiger partial charge on any atom is -0.360 e. The van der Waals surface area contributed by atoms with E-state index < -0.39 is 0 Å². The second-order valence-electron chi connectivity index (χ2n) is 5.45. The lowest BCUT2D eigenvalue weighted by Gasteiger charge is -2.35. The van der Waals surface area contributed by atoms with E-state index in [0.29, 0.717) is 11.1 Å². The lowest BCUT2D eigenvalue weighted by molar-refractivity contribution is 0.0610. The van der Waals surface area contributed by atoms with E-state index in [9.17, 15) is 4.79 Å². The van der Waals surface area contributed by atoms with Crippen LogP contribution in [0.5, 0.6) is 0 Å². The Morgan fingerprint density at radius 2 is 2.30 bits per heavy atom. The zero-order valence-corrected chi connectivity index (χ0v) is 12.4. The lowest BCUT2D eigenvalue weighted by Crippen LogP contribution is -2.43. The summed E-state index contributed by atoms with van der Waals surface area (Å²) >= 11 is 5.99. The average molecular weight is 291 g/mol. The van der Waals surface area contributed by atoms with Crippen molar-refractivity contribution in [2.24, 2.45) is 0 Å². The number of nitrogens with zero attached hydrogens (tertiary/aromatic N) is 1. The third kappa shape index (κ3) is 2.31. The molecular formula is C16H19ClN2O. The summed E-state index contributed by atoms with van der Waals surface area (Å²) in [6.07, 6.45) is 6.29. The third-order valence-corrected chi connectivity index (χ3v) is 4.47. The van der Waals surface area contributed by atoms with Gasteiger partial charge in [0.15, 0.2) is 0 Å². The topological polar surface area (TPSA) is 36.1 Å². The van der Waals surface area contributed by atoms with Crippen molar-refractivity contribution >= 4 is 28.4 Å². The molecular weight excluding hydrogens is 272 g/mol. The molecule has 1 atom stereocenters. The molecule has 1 aliphatic heterocycles. The van der Waals surface area contributed by atoms with E-state index in [2.05, 4.69) is 11.9 Å². The van der Waals surface area contributed by atoms with Gasteiger partial charge in [-0.2, -0.15) is 0 Å². The van der Waals surface area contributed by atoms with E-state index in [4.69, 9.17) is 11.6 Å². The maximum absolute atomic E-state index is 12.8. The van der Waals surface area contributed by atoms with Crippen LogP contribution in [0.15, 0.2) is 24.4 Å². The normalized spacial score (nSPS) is 19.5. The van der Waals surface area contributed by atoms with Gasteiger partial charge in [0.1, 0.15) is 0 Å². The van der Waals surface area contributed by atoms with E-state index >= 15 is 0 Å². The molecule has 0 radical (unpaired) electrons. The van der Waals surface area contributed by atoms with Crippen molar-refractivity contribution in [3.63, 3.8) is 0 Å². The van der Waals surface area contributed by atoms with Crippen molar-refractivity contribution in [3.8, 4) is 0 Å². The molecule has 0 aliphatic carbocycles. The van der Waals surface area contributed by atoms with E-state index in [0.717, 1.165) is 42.3 Å². The molecule has 1 amide bonds. The van der Waals surface area contributed by atoms with Crippen molar-refractivity contribution in [2.75, 3.05) is 6.54 Å². The number of halogens is 1. The highest BCUT2D eigenvalue weighted by Crippen LogP contribution is 2.26. The quantitative estimate of drug-likeness (QED) is 0.883. The lowest BCUT2D eigenvalue weighted by atomic mass is 9.99. The molecule has 0 saturated carbocycles. The Morgan fingerprint density at radius 3 is 3.10 bits per heavy atom. The molecule has 1 N–H and O–H groups in total. The van der Waals surface area contributed by atoms with Gasteiger partial charge in [0.05, 0.1) is 5.56 Å². The van der Waals surface area contributed by atoms with Crippen molar-refractivity contribution < 1.29 is 4.79 Å². The number of nitrogens with one attached hydrogen (secondary N) is 1. The van der Waals surface area contributed by atoms with Crippen LogP contribution < -0.4 is 0 Å². The smallest absolute Gasteiger partial charge is 0.256 e. The minimum absolute atomic E-state index is 0.144. The Bertz CT molecular complexity index is 634. The van der Waals surface area contributed by atoms with Crippen LogP contribution in [-0.4, -0.2) is 28.4 Å². The first kappa shape index (κ1) is 13.5. The van der Waals surface area contributed by atoms with Gasteiger partial charge in [-0.05, 0) is 37.8 Å². The second kappa shape index (κ2) is 5.49. The first-order valence-corrected chi connectivity index (χ1v) is 7.66. The predicted molar refractivity (Wildman–Crippen MR) is 82.3 cm³/mol. The van der Waals surface area contributed by atoms with E-state index in [1.54, 1.807) is 0 Å². The summed E-state index contributed by atoms with van der Waals surface area (Å²) in [6, 6.07) is 6.00. The summed E-state index contributed by atoms with van der Waals surface area (Å²) in [4.78, 5) is 18.0. The predicted octanol–water partition coefficient (Wildman–Crippen LogP) is 4.23. The SMILES string of the molecule is CCC1CCCCN1C(=O)c1c[nH]c2cc(Cl)ccc12. The zero-order chi connectivity index (χ0) is 14.1. The fourth-order valence-electron chi connectivity index (χ4n) is 3.12. The highest BCUT2D eigenvalue weighted by Gasteiger charge is 2.27. The molecule has 1 aromatic carbocycles. The number of aromatic amines is 1. The summed E-state index contributed by atoms with van der Waals surface area (Å²) in [5.41, 5.74) is 1.68. The maximum atomic E-state index is 12.8. The minimum atomic E-state index is 0.144. The fourth-order valence-corrected chi connectivity index (χ4v) is 3.29. The van der Waals surface area contributed by atoms with Crippen LogP contribution in [0.4, 0.5) is 0 Å². The van der Waals surface area contributed by atoms with Crippen LogP contribution in [0, 0.1) is 0 Å². The molecule has 20 heavy (non-hydrogen) atoms. The Labute approximate surface area is 123 Å². The van der Waals surface area contributed by atoms with Crippen LogP contribution in [-0.2, 0) is 0 Å². The second-order valence-corrected chi connectivity index (χ2v) is 5.89. The number of carbonyl (C=O) groups excluding carboxylic acids is 1. The molecule has 1 aromatic heterocycles. The molecule has 106 valence electrons. The number of likely N-dealkylation sites (tertiary alicyclic amines) is 1. The summed E-state index contributed by atoms with van der Waals surface area (Å²) in [6.45, 7) is 3.03. The van der Waals surface area contributed by atoms with Gasteiger partial charge in [-0.15, -0.1) is 0 Å². The van der Waals surface area contributed by atoms with Gasteiger partial charge >= 0.3 is 0 Å². The standard InChI is InChI=1S/C16H19ClN2O/c1-2-12-5-3-4-8-19(12)16(20)14-10-18-15-9-11(17)6-7-13(14)15/h6-7,9-10,12,18H,2-5,8H2,1H3. The van der Waals surface area contributed by atoms with Crippen LogP contribution in [0.2, 0.25) is 5.02 Å². The number of amides is 1. The molecule has 0 bridgehead atoms. The number of hydrogen-bond acceptors (Lipinski definition) is 1. The highest BCUT2D eigenvalue weighted by atomic mass is 35.5.